The highest BCUT2D eigenvalue weighted by Gasteiger charge is 2.36. The van der Waals surface area contributed by atoms with E-state index in [0.29, 0.717) is 5.92 Å². The number of rotatable bonds is 3. The van der Waals surface area contributed by atoms with Gasteiger partial charge in [-0.25, -0.2) is 18.0 Å². The van der Waals surface area contributed by atoms with Crippen molar-refractivity contribution in [2.75, 3.05) is 0 Å². The van der Waals surface area contributed by atoms with Crippen LogP contribution in [-0.2, 0) is 0 Å². The van der Waals surface area contributed by atoms with Crippen molar-refractivity contribution in [3.05, 3.63) is 46.8 Å². The first-order chi connectivity index (χ1) is 13.4. The minimum atomic E-state index is -1.73. The summed E-state index contributed by atoms with van der Waals surface area (Å²) in [5.74, 6) is -2.67. The fourth-order valence-electron chi connectivity index (χ4n) is 5.53. The summed E-state index contributed by atoms with van der Waals surface area (Å²) in [6.45, 7) is 2.25. The lowest BCUT2D eigenvalue weighted by Gasteiger charge is -2.42. The molecule has 0 aromatic heterocycles. The van der Waals surface area contributed by atoms with E-state index in [1.807, 2.05) is 0 Å². The maximum Gasteiger partial charge on any atom is 0.341 e. The van der Waals surface area contributed by atoms with E-state index >= 15 is 0 Å². The molecule has 4 atom stereocenters. The van der Waals surface area contributed by atoms with Gasteiger partial charge >= 0.3 is 5.97 Å². The molecule has 2 aromatic rings. The molecule has 5 heteroatoms. The first-order valence-corrected chi connectivity index (χ1v) is 10.2. The maximum absolute atomic E-state index is 14.7. The fraction of sp³-hybridized carbons (Fsp3) is 0.522. The normalized spacial score (nSPS) is 27.6. The minimum Gasteiger partial charge on any atom is -0.477 e. The molecular formula is C23H25F3O2. The Morgan fingerprint density at radius 2 is 1.71 bits per heavy atom. The molecule has 2 saturated carbocycles. The van der Waals surface area contributed by atoms with Crippen LogP contribution in [0.4, 0.5) is 13.2 Å². The van der Waals surface area contributed by atoms with Crippen LogP contribution in [-0.4, -0.2) is 11.1 Å². The average molecular weight is 390 g/mol. The van der Waals surface area contributed by atoms with Crippen LogP contribution in [0.25, 0.3) is 10.8 Å². The van der Waals surface area contributed by atoms with E-state index < -0.39 is 34.4 Å². The topological polar surface area (TPSA) is 37.3 Å². The molecule has 2 nitrogen and oxygen atoms in total. The lowest BCUT2D eigenvalue weighted by Crippen LogP contribution is -2.30. The van der Waals surface area contributed by atoms with Gasteiger partial charge in [-0.2, -0.15) is 0 Å². The Morgan fingerprint density at radius 1 is 1.00 bits per heavy atom. The Labute approximate surface area is 162 Å². The van der Waals surface area contributed by atoms with Crippen molar-refractivity contribution in [2.45, 2.75) is 57.8 Å². The molecule has 0 saturated heterocycles. The summed E-state index contributed by atoms with van der Waals surface area (Å²) in [7, 11) is 0. The van der Waals surface area contributed by atoms with Crippen LogP contribution in [0.1, 0.15) is 73.7 Å². The lowest BCUT2D eigenvalue weighted by molar-refractivity contribution is 0.0687. The molecule has 2 aliphatic rings. The number of benzene rings is 2. The molecule has 2 fully saturated rings. The van der Waals surface area contributed by atoms with Crippen LogP contribution in [0.15, 0.2) is 18.2 Å². The van der Waals surface area contributed by atoms with Crippen LogP contribution in [0, 0.1) is 35.2 Å². The molecular weight excluding hydrogens is 365 g/mol. The van der Waals surface area contributed by atoms with Crippen molar-refractivity contribution in [3.8, 4) is 0 Å². The van der Waals surface area contributed by atoms with Crippen molar-refractivity contribution in [1.82, 2.24) is 0 Å². The Bertz CT molecular complexity index is 924. The Hall–Kier alpha value is -2.04. The van der Waals surface area contributed by atoms with Gasteiger partial charge in [-0.3, -0.25) is 0 Å². The predicted octanol–water partition coefficient (Wildman–Crippen LogP) is 6.67. The number of hydrogen-bond acceptors (Lipinski definition) is 1. The molecule has 4 rings (SSSR count). The third-order valence-electron chi connectivity index (χ3n) is 7.09. The number of carboxylic acids is 1. The van der Waals surface area contributed by atoms with Gasteiger partial charge < -0.3 is 5.11 Å². The fourth-order valence-corrected chi connectivity index (χ4v) is 5.53. The monoisotopic (exact) mass is 390 g/mol. The average Bonchev–Trinajstić information content (AvgIpc) is 2.66. The summed E-state index contributed by atoms with van der Waals surface area (Å²) in [6.07, 6.45) is 8.05. The third-order valence-corrected chi connectivity index (χ3v) is 7.09. The predicted molar refractivity (Wildman–Crippen MR) is 102 cm³/mol. The van der Waals surface area contributed by atoms with E-state index in [1.54, 1.807) is 6.07 Å². The Morgan fingerprint density at radius 3 is 2.43 bits per heavy atom. The van der Waals surface area contributed by atoms with Crippen molar-refractivity contribution in [1.29, 1.82) is 0 Å². The largest absolute Gasteiger partial charge is 0.477 e. The number of aromatic carboxylic acids is 1. The minimum absolute atomic E-state index is 0.0896. The molecule has 0 bridgehead atoms. The molecule has 0 spiro atoms. The number of halogens is 3. The van der Waals surface area contributed by atoms with Crippen molar-refractivity contribution in [2.24, 2.45) is 17.8 Å². The summed E-state index contributed by atoms with van der Waals surface area (Å²) < 4.78 is 43.2. The summed E-state index contributed by atoms with van der Waals surface area (Å²) in [5.41, 5.74) is -0.338. The van der Waals surface area contributed by atoms with E-state index in [4.69, 9.17) is 5.11 Å². The highest BCUT2D eigenvalue weighted by molar-refractivity contribution is 5.96. The van der Waals surface area contributed by atoms with Crippen LogP contribution in [0.2, 0.25) is 0 Å². The van der Waals surface area contributed by atoms with Gasteiger partial charge in [0.15, 0.2) is 5.82 Å². The van der Waals surface area contributed by atoms with Crippen LogP contribution >= 0.6 is 0 Å². The molecule has 2 aromatic carbocycles. The summed E-state index contributed by atoms with van der Waals surface area (Å²) >= 11 is 0. The summed E-state index contributed by atoms with van der Waals surface area (Å²) in [6, 6.07) is 3.89. The van der Waals surface area contributed by atoms with Gasteiger partial charge in [-0.15, -0.1) is 0 Å². The van der Waals surface area contributed by atoms with Gasteiger partial charge in [0.25, 0.3) is 0 Å². The van der Waals surface area contributed by atoms with E-state index in [9.17, 15) is 18.0 Å². The lowest BCUT2D eigenvalue weighted by atomic mass is 9.63. The van der Waals surface area contributed by atoms with E-state index in [1.165, 1.54) is 31.7 Å². The van der Waals surface area contributed by atoms with Crippen LogP contribution in [0.5, 0.6) is 0 Å². The molecule has 2 aliphatic carbocycles. The second-order valence-corrected chi connectivity index (χ2v) is 8.57. The van der Waals surface area contributed by atoms with Gasteiger partial charge in [-0.05, 0) is 78.9 Å². The first kappa shape index (κ1) is 19.3. The molecule has 1 N–H and O–H groups in total. The Balaban J connectivity index is 1.65. The van der Waals surface area contributed by atoms with Crippen LogP contribution < -0.4 is 0 Å². The summed E-state index contributed by atoms with van der Waals surface area (Å²) in [5, 5.41) is 8.64. The molecule has 0 amide bonds. The van der Waals surface area contributed by atoms with Crippen molar-refractivity contribution in [3.63, 3.8) is 0 Å². The van der Waals surface area contributed by atoms with Crippen molar-refractivity contribution < 1.29 is 23.1 Å². The molecule has 0 aliphatic heterocycles. The van der Waals surface area contributed by atoms with Gasteiger partial charge in [0.2, 0.25) is 0 Å². The second-order valence-electron chi connectivity index (χ2n) is 8.57. The van der Waals surface area contributed by atoms with E-state index in [0.717, 1.165) is 42.7 Å². The zero-order chi connectivity index (χ0) is 20.0. The van der Waals surface area contributed by atoms with Gasteiger partial charge in [-0.1, -0.05) is 25.8 Å². The SMILES string of the molecule is CCC1CCC2CC(c3cc(F)c4c(F)c(C(=O)O)c(F)cc4c3)CCC2C1. The molecule has 0 radical (unpaired) electrons. The van der Waals surface area contributed by atoms with E-state index in [-0.39, 0.29) is 11.3 Å². The maximum atomic E-state index is 14.7. The third kappa shape index (κ3) is 3.29. The molecule has 4 unspecified atom stereocenters. The van der Waals surface area contributed by atoms with Gasteiger partial charge in [0, 0.05) is 0 Å². The second kappa shape index (κ2) is 7.41. The standard InChI is InChI=1S/C23H25F3O2/c1-2-12-3-4-14-8-15(6-5-13(14)7-12)16-9-17-11-19(25)21(23(27)28)22(26)20(17)18(24)10-16/h9-15H,2-8H2,1H3,(H,27,28). The smallest absolute Gasteiger partial charge is 0.341 e. The summed E-state index contributed by atoms with van der Waals surface area (Å²) in [4.78, 5) is 11.1. The number of hydrogen-bond donors (Lipinski definition) is 1. The highest BCUT2D eigenvalue weighted by atomic mass is 19.1. The van der Waals surface area contributed by atoms with Gasteiger partial charge in [0.1, 0.15) is 17.2 Å². The number of carboxylic acid groups (broad SMARTS) is 1. The number of fused-ring (bicyclic) bond motifs is 2. The molecule has 28 heavy (non-hydrogen) atoms. The van der Waals surface area contributed by atoms with E-state index in [2.05, 4.69) is 6.92 Å². The van der Waals surface area contributed by atoms with Crippen LogP contribution in [0.3, 0.4) is 0 Å². The number of carbonyl (C=O) groups is 1. The zero-order valence-electron chi connectivity index (χ0n) is 16.0. The zero-order valence-corrected chi connectivity index (χ0v) is 16.0. The highest BCUT2D eigenvalue weighted by Crippen LogP contribution is 2.48. The van der Waals surface area contributed by atoms with Crippen molar-refractivity contribution >= 4 is 16.7 Å². The molecule has 150 valence electrons. The first-order valence-electron chi connectivity index (χ1n) is 10.2. The Kier molecular flexibility index (Phi) is 5.11. The quantitative estimate of drug-likeness (QED) is 0.636. The molecule has 0 heterocycles. The van der Waals surface area contributed by atoms with Gasteiger partial charge in [0.05, 0.1) is 5.39 Å².